The van der Waals surface area contributed by atoms with Crippen molar-refractivity contribution >= 4 is 5.95 Å². The van der Waals surface area contributed by atoms with Crippen LogP contribution < -0.4 is 10.6 Å². The summed E-state index contributed by atoms with van der Waals surface area (Å²) in [6.45, 7) is 5.30. The van der Waals surface area contributed by atoms with Crippen LogP contribution in [0.3, 0.4) is 0 Å². The number of aromatic nitrogens is 2. The van der Waals surface area contributed by atoms with Crippen molar-refractivity contribution in [1.82, 2.24) is 9.55 Å². The molecule has 5 heteroatoms. The van der Waals surface area contributed by atoms with Gasteiger partial charge in [-0.3, -0.25) is 0 Å². The first-order valence-corrected chi connectivity index (χ1v) is 8.46. The van der Waals surface area contributed by atoms with Crippen LogP contribution in [0, 0.1) is 0 Å². The number of hydrogen-bond donors (Lipinski definition) is 1. The second-order valence-corrected chi connectivity index (χ2v) is 6.26. The normalized spacial score (nSPS) is 24.5. The lowest BCUT2D eigenvalue weighted by Gasteiger charge is -2.35. The number of nitrogens with zero attached hydrogens (tertiary/aromatic N) is 3. The number of hydrogen-bond acceptors (Lipinski definition) is 4. The summed E-state index contributed by atoms with van der Waals surface area (Å²) in [5.41, 5.74) is 6.98. The van der Waals surface area contributed by atoms with Crippen LogP contribution in [0.1, 0.15) is 50.8 Å². The van der Waals surface area contributed by atoms with Gasteiger partial charge in [0.2, 0.25) is 5.95 Å². The molecule has 21 heavy (non-hydrogen) atoms. The van der Waals surface area contributed by atoms with E-state index in [1.807, 2.05) is 0 Å². The van der Waals surface area contributed by atoms with Crippen molar-refractivity contribution in [3.8, 4) is 0 Å². The van der Waals surface area contributed by atoms with E-state index in [-0.39, 0.29) is 6.10 Å². The van der Waals surface area contributed by atoms with E-state index < -0.39 is 0 Å². The summed E-state index contributed by atoms with van der Waals surface area (Å²) in [6.07, 6.45) is 10.1. The van der Waals surface area contributed by atoms with E-state index in [1.54, 1.807) is 0 Å². The highest BCUT2D eigenvalue weighted by atomic mass is 16.5. The second-order valence-electron chi connectivity index (χ2n) is 6.26. The van der Waals surface area contributed by atoms with E-state index >= 15 is 0 Å². The number of aryl methyl sites for hydroxylation is 1. The molecule has 5 nitrogen and oxygen atoms in total. The van der Waals surface area contributed by atoms with E-state index in [9.17, 15) is 0 Å². The Kier molecular flexibility index (Phi) is 4.80. The lowest BCUT2D eigenvalue weighted by atomic mass is 9.95. The summed E-state index contributed by atoms with van der Waals surface area (Å²) in [6, 6.07) is 0.626. The fourth-order valence-electron chi connectivity index (χ4n) is 3.51. The van der Waals surface area contributed by atoms with Crippen LogP contribution in [-0.2, 0) is 11.2 Å². The van der Waals surface area contributed by atoms with E-state index in [0.717, 1.165) is 32.1 Å². The largest absolute Gasteiger partial charge is 0.373 e. The summed E-state index contributed by atoms with van der Waals surface area (Å²) in [7, 11) is 0. The summed E-state index contributed by atoms with van der Waals surface area (Å²) >= 11 is 0. The Labute approximate surface area is 127 Å². The molecule has 2 aliphatic rings. The molecule has 0 amide bonds. The van der Waals surface area contributed by atoms with Crippen LogP contribution in [-0.4, -0.2) is 41.9 Å². The maximum Gasteiger partial charge on any atom is 0.206 e. The minimum Gasteiger partial charge on any atom is -0.373 e. The Morgan fingerprint density at radius 3 is 2.86 bits per heavy atom. The molecule has 0 aromatic carbocycles. The quantitative estimate of drug-likeness (QED) is 0.923. The zero-order valence-electron chi connectivity index (χ0n) is 13.1. The molecule has 3 rings (SSSR count). The van der Waals surface area contributed by atoms with Crippen molar-refractivity contribution in [3.05, 3.63) is 11.9 Å². The number of anilines is 1. The van der Waals surface area contributed by atoms with E-state index in [0.29, 0.717) is 12.6 Å². The van der Waals surface area contributed by atoms with Crippen LogP contribution in [0.4, 0.5) is 5.95 Å². The maximum atomic E-state index is 5.78. The highest BCUT2D eigenvalue weighted by Crippen LogP contribution is 2.32. The smallest absolute Gasteiger partial charge is 0.206 e. The molecule has 1 saturated heterocycles. The second kappa shape index (κ2) is 6.79. The fraction of sp³-hybridized carbons (Fsp3) is 0.812. The Balaban J connectivity index is 1.83. The standard InChI is InChI=1S/C16H28N4O/c1-2-13-11-20(14-6-4-3-5-7-14)16(18-13)19-8-9-21-15(10-17)12-19/h11,14-15H,2-10,12,17H2,1H3. The minimum absolute atomic E-state index is 0.139. The van der Waals surface area contributed by atoms with Gasteiger partial charge in [0.15, 0.2) is 0 Å². The first-order chi connectivity index (χ1) is 10.3. The fourth-order valence-corrected chi connectivity index (χ4v) is 3.51. The van der Waals surface area contributed by atoms with Crippen LogP contribution in [0.2, 0.25) is 0 Å². The van der Waals surface area contributed by atoms with Gasteiger partial charge in [0.25, 0.3) is 0 Å². The highest BCUT2D eigenvalue weighted by molar-refractivity contribution is 5.35. The van der Waals surface area contributed by atoms with Crippen molar-refractivity contribution in [2.45, 2.75) is 57.6 Å². The first kappa shape index (κ1) is 14.9. The van der Waals surface area contributed by atoms with Gasteiger partial charge in [-0.05, 0) is 19.3 Å². The van der Waals surface area contributed by atoms with Crippen LogP contribution in [0.15, 0.2) is 6.20 Å². The van der Waals surface area contributed by atoms with Crippen molar-refractivity contribution in [3.63, 3.8) is 0 Å². The van der Waals surface area contributed by atoms with Crippen molar-refractivity contribution in [2.75, 3.05) is 31.1 Å². The lowest BCUT2D eigenvalue weighted by molar-refractivity contribution is 0.0456. The molecular formula is C16H28N4O. The van der Waals surface area contributed by atoms with Crippen molar-refractivity contribution in [2.24, 2.45) is 5.73 Å². The van der Waals surface area contributed by atoms with E-state index in [2.05, 4.69) is 22.6 Å². The number of rotatable bonds is 4. The minimum atomic E-state index is 0.139. The molecule has 2 N–H and O–H groups in total. The summed E-state index contributed by atoms with van der Waals surface area (Å²) in [5.74, 6) is 1.14. The average molecular weight is 292 g/mol. The zero-order valence-corrected chi connectivity index (χ0v) is 13.1. The Bertz CT molecular complexity index is 453. The maximum absolute atomic E-state index is 5.78. The van der Waals surface area contributed by atoms with Gasteiger partial charge in [-0.25, -0.2) is 4.98 Å². The summed E-state index contributed by atoms with van der Waals surface area (Å²) < 4.78 is 8.13. The molecule has 1 aromatic heterocycles. The number of imidazole rings is 1. The van der Waals surface area contributed by atoms with Crippen LogP contribution in [0.5, 0.6) is 0 Å². The predicted octanol–water partition coefficient (Wildman–Crippen LogP) is 2.11. The molecule has 2 heterocycles. The predicted molar refractivity (Wildman–Crippen MR) is 84.7 cm³/mol. The van der Waals surface area contributed by atoms with Gasteiger partial charge in [0, 0.05) is 31.9 Å². The molecule has 1 saturated carbocycles. The van der Waals surface area contributed by atoms with E-state index in [4.69, 9.17) is 15.5 Å². The highest BCUT2D eigenvalue weighted by Gasteiger charge is 2.26. The number of ether oxygens (including phenoxy) is 1. The third-order valence-corrected chi connectivity index (χ3v) is 4.78. The molecule has 2 fully saturated rings. The molecule has 1 aliphatic carbocycles. The summed E-state index contributed by atoms with van der Waals surface area (Å²) in [5, 5.41) is 0. The number of nitrogens with two attached hydrogens (primary N) is 1. The summed E-state index contributed by atoms with van der Waals surface area (Å²) in [4.78, 5) is 7.26. The molecule has 0 bridgehead atoms. The first-order valence-electron chi connectivity index (χ1n) is 8.46. The third kappa shape index (κ3) is 3.24. The topological polar surface area (TPSA) is 56.3 Å². The molecule has 0 radical (unpaired) electrons. The van der Waals surface area contributed by atoms with Crippen molar-refractivity contribution < 1.29 is 4.74 Å². The average Bonchev–Trinajstić information content (AvgIpc) is 3.00. The van der Waals surface area contributed by atoms with Crippen molar-refractivity contribution in [1.29, 1.82) is 0 Å². The molecule has 1 aromatic rings. The Morgan fingerprint density at radius 2 is 2.14 bits per heavy atom. The molecular weight excluding hydrogens is 264 g/mol. The van der Waals surface area contributed by atoms with E-state index in [1.165, 1.54) is 37.8 Å². The van der Waals surface area contributed by atoms with Gasteiger partial charge in [0.05, 0.1) is 18.4 Å². The number of morpholine rings is 1. The van der Waals surface area contributed by atoms with Gasteiger partial charge < -0.3 is 19.9 Å². The molecule has 1 aliphatic heterocycles. The van der Waals surface area contributed by atoms with Crippen LogP contribution >= 0.6 is 0 Å². The van der Waals surface area contributed by atoms with Gasteiger partial charge in [-0.15, -0.1) is 0 Å². The molecule has 1 unspecified atom stereocenters. The van der Waals surface area contributed by atoms with Gasteiger partial charge in [-0.2, -0.15) is 0 Å². The Hall–Kier alpha value is -1.07. The molecule has 118 valence electrons. The Morgan fingerprint density at radius 1 is 1.33 bits per heavy atom. The van der Waals surface area contributed by atoms with Gasteiger partial charge >= 0.3 is 0 Å². The van der Waals surface area contributed by atoms with Gasteiger partial charge in [-0.1, -0.05) is 26.2 Å². The zero-order chi connectivity index (χ0) is 14.7. The SMILES string of the molecule is CCc1cn(C2CCCCC2)c(N2CCOC(CN)C2)n1. The molecule has 0 spiro atoms. The van der Waals surface area contributed by atoms with Gasteiger partial charge in [0.1, 0.15) is 0 Å². The lowest BCUT2D eigenvalue weighted by Crippen LogP contribution is -2.46. The third-order valence-electron chi connectivity index (χ3n) is 4.78. The monoisotopic (exact) mass is 292 g/mol. The molecule has 1 atom stereocenters. The van der Waals surface area contributed by atoms with Crippen LogP contribution in [0.25, 0.3) is 0 Å².